The van der Waals surface area contributed by atoms with Crippen molar-refractivity contribution in [3.63, 3.8) is 0 Å². The molecule has 3 rings (SSSR count). The van der Waals surface area contributed by atoms with Crippen LogP contribution in [-0.2, 0) is 4.84 Å². The lowest BCUT2D eigenvalue weighted by atomic mass is 10.2. The average molecular weight is 506 g/mol. The Hall–Kier alpha value is -2.78. The molecule has 28 heavy (non-hydrogen) atoms. The first-order valence-corrected chi connectivity index (χ1v) is 9.52. The molecule has 140 valence electrons. The third kappa shape index (κ3) is 5.14. The summed E-state index contributed by atoms with van der Waals surface area (Å²) in [5.41, 5.74) is 4.36. The molecule has 6 nitrogen and oxygen atoms in total. The lowest BCUT2D eigenvalue weighted by Crippen LogP contribution is -2.11. The molecular formula is C20H13ClIN3O3. The molecule has 0 aliphatic carbocycles. The van der Waals surface area contributed by atoms with Gasteiger partial charge in [-0.05, 0) is 71.1 Å². The number of hydrogen-bond donors (Lipinski definition) is 1. The average Bonchev–Trinajstić information content (AvgIpc) is 2.71. The van der Waals surface area contributed by atoms with E-state index in [4.69, 9.17) is 16.4 Å². The molecule has 0 spiro atoms. The van der Waals surface area contributed by atoms with Crippen LogP contribution in [0.1, 0.15) is 20.7 Å². The van der Waals surface area contributed by atoms with E-state index >= 15 is 0 Å². The Balaban J connectivity index is 1.59. The van der Waals surface area contributed by atoms with Crippen LogP contribution in [0.3, 0.4) is 0 Å². The number of azo groups is 1. The van der Waals surface area contributed by atoms with Gasteiger partial charge in [-0.25, -0.2) is 10.3 Å². The molecular weight excluding hydrogens is 493 g/mol. The molecule has 0 aromatic heterocycles. The second kappa shape index (κ2) is 9.43. The van der Waals surface area contributed by atoms with E-state index in [9.17, 15) is 9.59 Å². The minimum atomic E-state index is -0.529. The fraction of sp³-hybridized carbons (Fsp3) is 0. The van der Waals surface area contributed by atoms with E-state index in [2.05, 4.69) is 38.3 Å². The van der Waals surface area contributed by atoms with Crippen LogP contribution in [0.5, 0.6) is 0 Å². The highest BCUT2D eigenvalue weighted by molar-refractivity contribution is 14.1. The van der Waals surface area contributed by atoms with Crippen molar-refractivity contribution in [1.29, 1.82) is 0 Å². The Morgan fingerprint density at radius 3 is 2.21 bits per heavy atom. The number of carbonyl (C=O) groups is 2. The first kappa shape index (κ1) is 20.0. The first-order chi connectivity index (χ1) is 13.5. The molecule has 0 atom stereocenters. The lowest BCUT2D eigenvalue weighted by Gasteiger charge is -2.07. The quantitative estimate of drug-likeness (QED) is 0.260. The van der Waals surface area contributed by atoms with Crippen molar-refractivity contribution >= 4 is 57.4 Å². The van der Waals surface area contributed by atoms with Gasteiger partial charge in [0.05, 0.1) is 27.5 Å². The zero-order chi connectivity index (χ0) is 19.9. The van der Waals surface area contributed by atoms with E-state index < -0.39 is 11.9 Å². The Morgan fingerprint density at radius 1 is 0.893 bits per heavy atom. The van der Waals surface area contributed by atoms with E-state index in [-0.39, 0.29) is 5.56 Å². The molecule has 3 aromatic rings. The molecule has 0 heterocycles. The van der Waals surface area contributed by atoms with E-state index in [1.807, 2.05) is 12.1 Å². The van der Waals surface area contributed by atoms with Crippen LogP contribution in [0.4, 0.5) is 11.4 Å². The van der Waals surface area contributed by atoms with E-state index in [1.54, 1.807) is 60.7 Å². The third-order valence-corrected chi connectivity index (χ3v) is 4.85. The van der Waals surface area contributed by atoms with Crippen molar-refractivity contribution in [3.05, 3.63) is 92.5 Å². The highest BCUT2D eigenvalue weighted by Crippen LogP contribution is 2.20. The van der Waals surface area contributed by atoms with Crippen molar-refractivity contribution in [2.24, 2.45) is 10.2 Å². The Morgan fingerprint density at radius 2 is 1.54 bits per heavy atom. The molecule has 1 N–H and O–H groups in total. The number of nitrogens with zero attached hydrogens (tertiary/aromatic N) is 2. The number of amides is 1. The molecule has 8 heteroatoms. The zero-order valence-corrected chi connectivity index (χ0v) is 17.2. The molecule has 0 bridgehead atoms. The number of nitrogens with one attached hydrogen (secondary N) is 1. The van der Waals surface area contributed by atoms with Crippen molar-refractivity contribution in [2.45, 2.75) is 0 Å². The number of hydrogen-bond acceptors (Lipinski definition) is 5. The minimum absolute atomic E-state index is 0.286. The van der Waals surface area contributed by atoms with Crippen molar-refractivity contribution < 1.29 is 14.4 Å². The van der Waals surface area contributed by atoms with E-state index in [0.29, 0.717) is 22.0 Å². The first-order valence-electron chi connectivity index (χ1n) is 8.07. The largest absolute Gasteiger partial charge is 0.363 e. The number of halogens is 2. The summed E-state index contributed by atoms with van der Waals surface area (Å²) in [5.74, 6) is -1.02. The minimum Gasteiger partial charge on any atom is -0.338 e. The van der Waals surface area contributed by atoms with Gasteiger partial charge in [-0.15, -0.1) is 10.2 Å². The maximum absolute atomic E-state index is 12.1. The molecule has 1 amide bonds. The van der Waals surface area contributed by atoms with Crippen LogP contribution in [0.2, 0.25) is 5.02 Å². The highest BCUT2D eigenvalue weighted by Gasteiger charge is 2.11. The summed E-state index contributed by atoms with van der Waals surface area (Å²) in [7, 11) is 0. The summed E-state index contributed by atoms with van der Waals surface area (Å²) in [6, 6.07) is 20.3. The maximum Gasteiger partial charge on any atom is 0.363 e. The fourth-order valence-corrected chi connectivity index (χ4v) is 3.00. The summed E-state index contributed by atoms with van der Waals surface area (Å²) in [6.45, 7) is 0. The second-order valence-corrected chi connectivity index (χ2v) is 7.07. The van der Waals surface area contributed by atoms with Gasteiger partial charge >= 0.3 is 5.97 Å². The van der Waals surface area contributed by atoms with Crippen LogP contribution in [0.25, 0.3) is 0 Å². The van der Waals surface area contributed by atoms with Crippen molar-refractivity contribution in [1.82, 2.24) is 0 Å². The van der Waals surface area contributed by atoms with Gasteiger partial charge in [0.1, 0.15) is 0 Å². The molecule has 0 saturated heterocycles. The van der Waals surface area contributed by atoms with Gasteiger partial charge in [0, 0.05) is 3.57 Å². The highest BCUT2D eigenvalue weighted by atomic mass is 127. The van der Waals surface area contributed by atoms with Gasteiger partial charge < -0.3 is 4.84 Å². The van der Waals surface area contributed by atoms with Crippen LogP contribution in [0, 0.1) is 3.57 Å². The number of rotatable bonds is 5. The number of anilines is 1. The maximum atomic E-state index is 12.1. The predicted molar refractivity (Wildman–Crippen MR) is 115 cm³/mol. The molecule has 0 unspecified atom stereocenters. The molecule has 0 aliphatic rings. The van der Waals surface area contributed by atoms with E-state index in [1.165, 1.54) is 0 Å². The van der Waals surface area contributed by atoms with Crippen LogP contribution < -0.4 is 5.48 Å². The summed E-state index contributed by atoms with van der Waals surface area (Å²) in [5, 5.41) is 7.89. The second-order valence-electron chi connectivity index (χ2n) is 5.50. The predicted octanol–water partition coefficient (Wildman–Crippen LogP) is 6.05. The Kier molecular flexibility index (Phi) is 6.72. The van der Waals surface area contributed by atoms with Gasteiger partial charge in [0.2, 0.25) is 0 Å². The zero-order valence-electron chi connectivity index (χ0n) is 14.3. The van der Waals surface area contributed by atoms with Gasteiger partial charge in [-0.3, -0.25) is 4.79 Å². The summed E-state index contributed by atoms with van der Waals surface area (Å²) in [4.78, 5) is 29.2. The number of carbonyl (C=O) groups excluding carboxylic acids is 2. The molecule has 0 aliphatic heterocycles. The normalized spacial score (nSPS) is 10.6. The van der Waals surface area contributed by atoms with Crippen molar-refractivity contribution in [2.75, 3.05) is 5.48 Å². The van der Waals surface area contributed by atoms with Crippen molar-refractivity contribution in [3.8, 4) is 0 Å². The lowest BCUT2D eigenvalue weighted by molar-refractivity contribution is 0.0595. The summed E-state index contributed by atoms with van der Waals surface area (Å²) in [6.07, 6.45) is 0. The SMILES string of the molecule is O=C(N=Nc1ccc(NOC(=O)c2ccccc2I)cc1)c1ccccc1Cl. The van der Waals surface area contributed by atoms with Crippen LogP contribution in [-0.4, -0.2) is 11.9 Å². The molecule has 0 fully saturated rings. The number of benzene rings is 3. The van der Waals surface area contributed by atoms with Gasteiger partial charge in [0.15, 0.2) is 0 Å². The Bertz CT molecular complexity index is 1040. The van der Waals surface area contributed by atoms with Crippen LogP contribution >= 0.6 is 34.2 Å². The molecule has 0 saturated carbocycles. The summed E-state index contributed by atoms with van der Waals surface area (Å²) >= 11 is 8.03. The monoisotopic (exact) mass is 505 g/mol. The van der Waals surface area contributed by atoms with Gasteiger partial charge in [0.25, 0.3) is 5.91 Å². The molecule has 0 radical (unpaired) electrons. The van der Waals surface area contributed by atoms with E-state index in [0.717, 1.165) is 3.57 Å². The van der Waals surface area contributed by atoms with Gasteiger partial charge in [-0.2, -0.15) is 0 Å². The topological polar surface area (TPSA) is 80.1 Å². The smallest absolute Gasteiger partial charge is 0.338 e. The summed E-state index contributed by atoms with van der Waals surface area (Å²) < 4.78 is 0.797. The standard InChI is InChI=1S/C20H13ClIN3O3/c21-17-7-3-1-5-15(17)19(26)24-23-13-9-11-14(12-10-13)25-28-20(27)16-6-2-4-8-18(16)22/h1-12,25H. The third-order valence-electron chi connectivity index (χ3n) is 3.58. The molecule has 3 aromatic carbocycles. The van der Waals surface area contributed by atoms with Gasteiger partial charge in [-0.1, -0.05) is 35.9 Å². The van der Waals surface area contributed by atoms with Crippen LogP contribution in [0.15, 0.2) is 83.0 Å². The Labute approximate surface area is 179 Å². The fourth-order valence-electron chi connectivity index (χ4n) is 2.17.